The van der Waals surface area contributed by atoms with Gasteiger partial charge in [0.05, 0.1) is 20.3 Å². The van der Waals surface area contributed by atoms with Crippen molar-refractivity contribution in [2.24, 2.45) is 0 Å². The molecule has 0 saturated carbocycles. The fourth-order valence-electron chi connectivity index (χ4n) is 2.71. The Labute approximate surface area is 176 Å². The number of nitrogens with one attached hydrogen (secondary N) is 1. The highest BCUT2D eigenvalue weighted by atomic mass is 19.3. The summed E-state index contributed by atoms with van der Waals surface area (Å²) in [6.45, 7) is -4.59. The minimum atomic E-state index is -3.19. The number of carbonyl (C=O) groups is 1. The van der Waals surface area contributed by atoms with Gasteiger partial charge in [0.15, 0.2) is 0 Å². The van der Waals surface area contributed by atoms with Gasteiger partial charge in [-0.25, -0.2) is 0 Å². The Kier molecular flexibility index (Phi) is 8.53. The summed E-state index contributed by atoms with van der Waals surface area (Å²) in [5, 5.41) is 2.72. The molecule has 0 aliphatic carbocycles. The number of halogens is 4. The first-order valence-corrected chi connectivity index (χ1v) is 8.97. The van der Waals surface area contributed by atoms with Crippen molar-refractivity contribution in [1.29, 1.82) is 0 Å². The van der Waals surface area contributed by atoms with Gasteiger partial charge in [-0.1, -0.05) is 0 Å². The number of rotatable bonds is 10. The Bertz CT molecular complexity index is 921. The van der Waals surface area contributed by atoms with Gasteiger partial charge in [0.2, 0.25) is 5.91 Å². The minimum absolute atomic E-state index is 0.0729. The highest BCUT2D eigenvalue weighted by molar-refractivity contribution is 5.92. The van der Waals surface area contributed by atoms with E-state index in [0.717, 1.165) is 18.2 Å². The standard InChI is InChI=1S/C21H21F4NO5/c1-12(16-10-14(28-2)7-8-17(16)29-3)26-19(27)9-5-13-4-6-15(30-20(22)23)11-18(13)31-21(24)25/h4-12,20-21H,1-3H3,(H,26,27)/b9-5+. The molecule has 0 spiro atoms. The first-order valence-electron chi connectivity index (χ1n) is 8.97. The second kappa shape index (κ2) is 11.1. The van der Waals surface area contributed by atoms with E-state index in [-0.39, 0.29) is 11.3 Å². The van der Waals surface area contributed by atoms with E-state index in [1.165, 1.54) is 26.4 Å². The molecule has 2 aromatic carbocycles. The van der Waals surface area contributed by atoms with Gasteiger partial charge < -0.3 is 24.3 Å². The Morgan fingerprint density at radius 2 is 1.58 bits per heavy atom. The van der Waals surface area contributed by atoms with Crippen LogP contribution in [0.15, 0.2) is 42.5 Å². The maximum Gasteiger partial charge on any atom is 0.387 e. The monoisotopic (exact) mass is 443 g/mol. The molecule has 6 nitrogen and oxygen atoms in total. The molecular formula is C21H21F4NO5. The van der Waals surface area contributed by atoms with E-state index in [2.05, 4.69) is 14.8 Å². The van der Waals surface area contributed by atoms with E-state index in [1.807, 2.05) is 0 Å². The number of benzene rings is 2. The largest absolute Gasteiger partial charge is 0.497 e. The molecule has 0 saturated heterocycles. The quantitative estimate of drug-likeness (QED) is 0.422. The van der Waals surface area contributed by atoms with Crippen LogP contribution >= 0.6 is 0 Å². The summed E-state index contributed by atoms with van der Waals surface area (Å²) in [6, 6.07) is 7.90. The predicted octanol–water partition coefficient (Wildman–Crippen LogP) is 4.80. The molecule has 1 unspecified atom stereocenters. The lowest BCUT2D eigenvalue weighted by molar-refractivity contribution is -0.117. The average molecular weight is 443 g/mol. The molecule has 2 aromatic rings. The van der Waals surface area contributed by atoms with Gasteiger partial charge >= 0.3 is 13.2 Å². The van der Waals surface area contributed by atoms with Gasteiger partial charge in [-0.2, -0.15) is 17.6 Å². The Morgan fingerprint density at radius 1 is 0.903 bits per heavy atom. The van der Waals surface area contributed by atoms with Gasteiger partial charge in [0, 0.05) is 23.3 Å². The van der Waals surface area contributed by atoms with E-state index >= 15 is 0 Å². The number of hydrogen-bond donors (Lipinski definition) is 1. The molecule has 1 N–H and O–H groups in total. The van der Waals surface area contributed by atoms with E-state index in [0.29, 0.717) is 17.1 Å². The van der Waals surface area contributed by atoms with Crippen LogP contribution < -0.4 is 24.3 Å². The van der Waals surface area contributed by atoms with E-state index < -0.39 is 30.9 Å². The lowest BCUT2D eigenvalue weighted by Gasteiger charge is -2.17. The summed E-state index contributed by atoms with van der Waals surface area (Å²) < 4.78 is 69.0. The van der Waals surface area contributed by atoms with Gasteiger partial charge in [0.1, 0.15) is 23.0 Å². The summed E-state index contributed by atoms with van der Waals surface area (Å²) in [4.78, 5) is 12.3. The minimum Gasteiger partial charge on any atom is -0.497 e. The van der Waals surface area contributed by atoms with Crippen molar-refractivity contribution in [1.82, 2.24) is 5.32 Å². The molecule has 1 atom stereocenters. The normalized spacial score (nSPS) is 12.2. The van der Waals surface area contributed by atoms with Crippen molar-refractivity contribution in [2.45, 2.75) is 26.2 Å². The second-order valence-corrected chi connectivity index (χ2v) is 6.13. The Morgan fingerprint density at radius 3 is 2.19 bits per heavy atom. The average Bonchev–Trinajstić information content (AvgIpc) is 2.71. The lowest BCUT2D eigenvalue weighted by atomic mass is 10.1. The maximum absolute atomic E-state index is 12.6. The fraction of sp³-hybridized carbons (Fsp3) is 0.286. The van der Waals surface area contributed by atoms with Gasteiger partial charge in [-0.15, -0.1) is 0 Å². The van der Waals surface area contributed by atoms with Gasteiger partial charge in [0.25, 0.3) is 0 Å². The van der Waals surface area contributed by atoms with Crippen LogP contribution in [-0.4, -0.2) is 33.3 Å². The van der Waals surface area contributed by atoms with E-state index in [4.69, 9.17) is 9.47 Å². The number of alkyl halides is 4. The number of methoxy groups -OCH3 is 2. The summed E-state index contributed by atoms with van der Waals surface area (Å²) in [5.41, 5.74) is 0.738. The number of amides is 1. The highest BCUT2D eigenvalue weighted by Crippen LogP contribution is 2.30. The summed E-state index contributed by atoms with van der Waals surface area (Å²) in [7, 11) is 3.00. The third-order valence-electron chi connectivity index (χ3n) is 4.10. The van der Waals surface area contributed by atoms with Gasteiger partial charge in [-0.05, 0) is 43.3 Å². The molecule has 0 aromatic heterocycles. The highest BCUT2D eigenvalue weighted by Gasteiger charge is 2.15. The van der Waals surface area contributed by atoms with Crippen LogP contribution in [-0.2, 0) is 4.79 Å². The van der Waals surface area contributed by atoms with Crippen LogP contribution in [0.2, 0.25) is 0 Å². The summed E-state index contributed by atoms with van der Waals surface area (Å²) in [6.07, 6.45) is 2.32. The fourth-order valence-corrected chi connectivity index (χ4v) is 2.71. The first kappa shape index (κ1) is 23.8. The van der Waals surface area contributed by atoms with Crippen LogP contribution in [0, 0.1) is 0 Å². The first-order chi connectivity index (χ1) is 14.7. The molecule has 10 heteroatoms. The topological polar surface area (TPSA) is 66.0 Å². The summed E-state index contributed by atoms with van der Waals surface area (Å²) >= 11 is 0. The van der Waals surface area contributed by atoms with Crippen molar-refractivity contribution in [3.05, 3.63) is 53.6 Å². The molecule has 0 bridgehead atoms. The molecular weight excluding hydrogens is 422 g/mol. The molecule has 0 fully saturated rings. The molecule has 0 radical (unpaired) electrons. The second-order valence-electron chi connectivity index (χ2n) is 6.13. The van der Waals surface area contributed by atoms with Crippen LogP contribution in [0.3, 0.4) is 0 Å². The van der Waals surface area contributed by atoms with Crippen molar-refractivity contribution in [3.8, 4) is 23.0 Å². The smallest absolute Gasteiger partial charge is 0.387 e. The third kappa shape index (κ3) is 7.09. The van der Waals surface area contributed by atoms with Crippen LogP contribution in [0.25, 0.3) is 6.08 Å². The van der Waals surface area contributed by atoms with Crippen molar-refractivity contribution in [3.63, 3.8) is 0 Å². The molecule has 1 amide bonds. The third-order valence-corrected chi connectivity index (χ3v) is 4.10. The lowest BCUT2D eigenvalue weighted by Crippen LogP contribution is -2.25. The van der Waals surface area contributed by atoms with Crippen molar-refractivity contribution >= 4 is 12.0 Å². The van der Waals surface area contributed by atoms with Gasteiger partial charge in [-0.3, -0.25) is 4.79 Å². The Hall–Kier alpha value is -3.43. The predicted molar refractivity (Wildman–Crippen MR) is 105 cm³/mol. The van der Waals surface area contributed by atoms with Crippen LogP contribution in [0.5, 0.6) is 23.0 Å². The van der Waals surface area contributed by atoms with Crippen molar-refractivity contribution in [2.75, 3.05) is 14.2 Å². The number of carbonyl (C=O) groups excluding carboxylic acids is 1. The number of hydrogen-bond acceptors (Lipinski definition) is 5. The van der Waals surface area contributed by atoms with E-state index in [1.54, 1.807) is 25.1 Å². The number of ether oxygens (including phenoxy) is 4. The molecule has 0 aliphatic heterocycles. The zero-order chi connectivity index (χ0) is 23.0. The molecule has 0 heterocycles. The molecule has 168 valence electrons. The Balaban J connectivity index is 2.17. The van der Waals surface area contributed by atoms with Crippen LogP contribution in [0.1, 0.15) is 24.1 Å². The van der Waals surface area contributed by atoms with Crippen LogP contribution in [0.4, 0.5) is 17.6 Å². The molecule has 31 heavy (non-hydrogen) atoms. The van der Waals surface area contributed by atoms with Crippen molar-refractivity contribution < 1.29 is 41.3 Å². The maximum atomic E-state index is 12.6. The SMILES string of the molecule is COc1ccc(OC)c(C(C)NC(=O)/C=C/c2ccc(OC(F)F)cc2OC(F)F)c1. The molecule has 0 aliphatic rings. The zero-order valence-electron chi connectivity index (χ0n) is 16.9. The zero-order valence-corrected chi connectivity index (χ0v) is 16.9. The molecule has 2 rings (SSSR count). The summed E-state index contributed by atoms with van der Waals surface area (Å²) in [5.74, 6) is -0.189. The van der Waals surface area contributed by atoms with E-state index in [9.17, 15) is 22.4 Å².